The Bertz CT molecular complexity index is 626. The fourth-order valence-electron chi connectivity index (χ4n) is 1.73. The van der Waals surface area contributed by atoms with Crippen LogP contribution in [-0.2, 0) is 4.79 Å². The largest absolute Gasteiger partial charge is 0.505 e. The van der Waals surface area contributed by atoms with Crippen molar-refractivity contribution in [2.45, 2.75) is 13.0 Å². The Labute approximate surface area is 116 Å². The summed E-state index contributed by atoms with van der Waals surface area (Å²) >= 11 is 0. The lowest BCUT2D eigenvalue weighted by Gasteiger charge is -2.13. The van der Waals surface area contributed by atoms with Crippen molar-refractivity contribution in [3.8, 4) is 5.75 Å². The molecule has 20 heavy (non-hydrogen) atoms. The van der Waals surface area contributed by atoms with E-state index < -0.39 is 23.5 Å². The van der Waals surface area contributed by atoms with E-state index in [0.717, 1.165) is 11.6 Å². The Morgan fingerprint density at radius 3 is 2.50 bits per heavy atom. The Morgan fingerprint density at radius 2 is 1.90 bits per heavy atom. The second-order valence-electron chi connectivity index (χ2n) is 4.54. The molecule has 4 N–H and O–H groups in total. The average molecular weight is 274 g/mol. The predicted molar refractivity (Wildman–Crippen MR) is 74.8 cm³/mol. The maximum atomic E-state index is 13.2. The number of aromatic hydroxyl groups is 1. The van der Waals surface area contributed by atoms with Crippen LogP contribution in [-0.4, -0.2) is 11.0 Å². The molecule has 1 unspecified atom stereocenters. The zero-order valence-corrected chi connectivity index (χ0v) is 10.9. The summed E-state index contributed by atoms with van der Waals surface area (Å²) in [5.41, 5.74) is 7.84. The average Bonchev–Trinajstić information content (AvgIpc) is 2.43. The predicted octanol–water partition coefficient (Wildman–Crippen LogP) is 2.48. The molecule has 2 aromatic rings. The molecule has 0 saturated heterocycles. The zero-order valence-electron chi connectivity index (χ0n) is 10.9. The third-order valence-corrected chi connectivity index (χ3v) is 2.93. The number of nitrogens with two attached hydrogens (primary N) is 1. The van der Waals surface area contributed by atoms with Crippen molar-refractivity contribution in [3.63, 3.8) is 0 Å². The third kappa shape index (κ3) is 3.13. The molecule has 4 nitrogen and oxygen atoms in total. The molecule has 0 spiro atoms. The molecule has 0 aliphatic heterocycles. The zero-order chi connectivity index (χ0) is 14.7. The lowest BCUT2D eigenvalue weighted by molar-refractivity contribution is -0.117. The fourth-order valence-corrected chi connectivity index (χ4v) is 1.73. The number of rotatable bonds is 3. The number of hydrogen-bond acceptors (Lipinski definition) is 3. The summed E-state index contributed by atoms with van der Waals surface area (Å²) in [7, 11) is 0. The van der Waals surface area contributed by atoms with Crippen LogP contribution in [0, 0.1) is 12.7 Å². The van der Waals surface area contributed by atoms with Crippen LogP contribution in [0.4, 0.5) is 10.1 Å². The normalized spacial score (nSPS) is 11.9. The van der Waals surface area contributed by atoms with Gasteiger partial charge in [-0.1, -0.05) is 29.8 Å². The van der Waals surface area contributed by atoms with Crippen LogP contribution in [0.1, 0.15) is 17.2 Å². The minimum atomic E-state index is -0.840. The quantitative estimate of drug-likeness (QED) is 0.753. The Morgan fingerprint density at radius 1 is 1.25 bits per heavy atom. The van der Waals surface area contributed by atoms with Gasteiger partial charge in [-0.25, -0.2) is 4.39 Å². The molecule has 0 bridgehead atoms. The first-order valence-electron chi connectivity index (χ1n) is 6.09. The van der Waals surface area contributed by atoms with Gasteiger partial charge in [0.25, 0.3) is 0 Å². The van der Waals surface area contributed by atoms with E-state index in [-0.39, 0.29) is 5.69 Å². The van der Waals surface area contributed by atoms with E-state index in [0.29, 0.717) is 5.56 Å². The highest BCUT2D eigenvalue weighted by molar-refractivity contribution is 5.95. The van der Waals surface area contributed by atoms with Crippen LogP contribution < -0.4 is 11.1 Å². The summed E-state index contributed by atoms with van der Waals surface area (Å²) in [6.45, 7) is 1.94. The van der Waals surface area contributed by atoms with Gasteiger partial charge in [-0.2, -0.15) is 0 Å². The highest BCUT2D eigenvalue weighted by atomic mass is 19.1. The monoisotopic (exact) mass is 274 g/mol. The number of aryl methyl sites for hydroxylation is 1. The van der Waals surface area contributed by atoms with Gasteiger partial charge < -0.3 is 16.2 Å². The smallest absolute Gasteiger partial charge is 0.245 e. The molecule has 2 aromatic carbocycles. The van der Waals surface area contributed by atoms with E-state index in [2.05, 4.69) is 5.32 Å². The summed E-state index contributed by atoms with van der Waals surface area (Å²) in [5.74, 6) is -1.71. The second kappa shape index (κ2) is 5.71. The fraction of sp³-hybridized carbons (Fsp3) is 0.133. The maximum Gasteiger partial charge on any atom is 0.245 e. The summed E-state index contributed by atoms with van der Waals surface area (Å²) < 4.78 is 13.2. The van der Waals surface area contributed by atoms with Crippen LogP contribution in [0.3, 0.4) is 0 Å². The number of phenolic OH excluding ortho intramolecular Hbond substituents is 1. The van der Waals surface area contributed by atoms with Gasteiger partial charge in [0.1, 0.15) is 6.04 Å². The molecule has 0 saturated carbocycles. The first-order valence-corrected chi connectivity index (χ1v) is 6.09. The lowest BCUT2D eigenvalue weighted by Crippen LogP contribution is -2.27. The van der Waals surface area contributed by atoms with E-state index >= 15 is 0 Å². The van der Waals surface area contributed by atoms with E-state index in [4.69, 9.17) is 10.8 Å². The minimum Gasteiger partial charge on any atom is -0.505 e. The number of phenols is 1. The van der Waals surface area contributed by atoms with Gasteiger partial charge in [0.15, 0.2) is 11.6 Å². The van der Waals surface area contributed by atoms with Gasteiger partial charge in [-0.05, 0) is 24.6 Å². The number of carbonyl (C=O) groups is 1. The highest BCUT2D eigenvalue weighted by Crippen LogP contribution is 2.20. The van der Waals surface area contributed by atoms with Crippen LogP contribution >= 0.6 is 0 Å². The van der Waals surface area contributed by atoms with Gasteiger partial charge >= 0.3 is 0 Å². The number of halogens is 1. The minimum absolute atomic E-state index is 0.243. The van der Waals surface area contributed by atoms with Crippen molar-refractivity contribution < 1.29 is 14.3 Å². The van der Waals surface area contributed by atoms with Crippen molar-refractivity contribution in [1.82, 2.24) is 0 Å². The summed E-state index contributed by atoms with van der Waals surface area (Å²) in [4.78, 5) is 12.0. The molecule has 104 valence electrons. The lowest BCUT2D eigenvalue weighted by atomic mass is 10.1. The summed E-state index contributed by atoms with van der Waals surface area (Å²) in [5, 5.41) is 11.6. The van der Waals surface area contributed by atoms with E-state index in [9.17, 15) is 9.18 Å². The molecular formula is C15H15FN2O2. The van der Waals surface area contributed by atoms with Crippen LogP contribution in [0.2, 0.25) is 0 Å². The summed E-state index contributed by atoms with van der Waals surface area (Å²) in [6, 6.07) is 10.0. The van der Waals surface area contributed by atoms with E-state index in [1.54, 1.807) is 12.1 Å². The molecule has 0 fully saturated rings. The van der Waals surface area contributed by atoms with Crippen molar-refractivity contribution in [2.75, 3.05) is 5.32 Å². The van der Waals surface area contributed by atoms with Gasteiger partial charge in [-0.15, -0.1) is 0 Å². The second-order valence-corrected chi connectivity index (χ2v) is 4.54. The summed E-state index contributed by atoms with van der Waals surface area (Å²) in [6.07, 6.45) is 0. The van der Waals surface area contributed by atoms with Crippen molar-refractivity contribution in [1.29, 1.82) is 0 Å². The number of anilines is 1. The van der Waals surface area contributed by atoms with Crippen LogP contribution in [0.5, 0.6) is 5.75 Å². The Balaban J connectivity index is 2.11. The Kier molecular flexibility index (Phi) is 4.00. The molecule has 1 amide bonds. The Hall–Kier alpha value is -2.40. The van der Waals surface area contributed by atoms with Gasteiger partial charge in [-0.3, -0.25) is 4.79 Å². The SMILES string of the molecule is Cc1ccc(C(N)C(=O)Nc2ccc(O)c(F)c2)cc1. The van der Waals surface area contributed by atoms with Gasteiger partial charge in [0.2, 0.25) is 5.91 Å². The van der Waals surface area contributed by atoms with E-state index in [1.165, 1.54) is 12.1 Å². The van der Waals surface area contributed by atoms with Crippen molar-refractivity contribution in [3.05, 3.63) is 59.4 Å². The number of nitrogens with one attached hydrogen (secondary N) is 1. The standard InChI is InChI=1S/C15H15FN2O2/c1-9-2-4-10(5-3-9)14(17)15(20)18-11-6-7-13(19)12(16)8-11/h2-8,14,19H,17H2,1H3,(H,18,20). The molecule has 0 aromatic heterocycles. The number of amides is 1. The maximum absolute atomic E-state index is 13.2. The molecule has 0 heterocycles. The van der Waals surface area contributed by atoms with Crippen molar-refractivity contribution >= 4 is 11.6 Å². The molecule has 1 atom stereocenters. The third-order valence-electron chi connectivity index (χ3n) is 2.93. The molecule has 5 heteroatoms. The molecule has 0 aliphatic rings. The van der Waals surface area contributed by atoms with Gasteiger partial charge in [0, 0.05) is 11.8 Å². The first-order chi connectivity index (χ1) is 9.47. The molecule has 2 rings (SSSR count). The topological polar surface area (TPSA) is 75.4 Å². The first kappa shape index (κ1) is 14.0. The van der Waals surface area contributed by atoms with Crippen molar-refractivity contribution in [2.24, 2.45) is 5.73 Å². The van der Waals surface area contributed by atoms with Gasteiger partial charge in [0.05, 0.1) is 0 Å². The van der Waals surface area contributed by atoms with Crippen LogP contribution in [0.25, 0.3) is 0 Å². The number of hydrogen-bond donors (Lipinski definition) is 3. The number of benzene rings is 2. The number of carbonyl (C=O) groups excluding carboxylic acids is 1. The van der Waals surface area contributed by atoms with Crippen LogP contribution in [0.15, 0.2) is 42.5 Å². The highest BCUT2D eigenvalue weighted by Gasteiger charge is 2.16. The van der Waals surface area contributed by atoms with E-state index in [1.807, 2.05) is 19.1 Å². The molecule has 0 aliphatic carbocycles. The molecular weight excluding hydrogens is 259 g/mol. The molecule has 0 radical (unpaired) electrons.